The van der Waals surface area contributed by atoms with Crippen molar-refractivity contribution < 1.29 is 33.8 Å². The quantitative estimate of drug-likeness (QED) is 0.388. The second kappa shape index (κ2) is 39.3. The summed E-state index contributed by atoms with van der Waals surface area (Å²) >= 11 is 0. The summed E-state index contributed by atoms with van der Waals surface area (Å²) in [6.45, 7) is 0. The van der Waals surface area contributed by atoms with Gasteiger partial charge in [0.2, 0.25) is 0 Å². The second-order valence-electron chi connectivity index (χ2n) is 0. The third-order valence-electron chi connectivity index (χ3n) is 0. The van der Waals surface area contributed by atoms with Gasteiger partial charge in [0.1, 0.15) is 0 Å². The van der Waals surface area contributed by atoms with E-state index >= 15 is 0 Å². The van der Waals surface area contributed by atoms with Gasteiger partial charge in [0, 0.05) is 33.8 Å². The Balaban J connectivity index is 0. The van der Waals surface area contributed by atoms with Crippen LogP contribution in [0.4, 0.5) is 0 Å². The van der Waals surface area contributed by atoms with Crippen LogP contribution in [-0.4, -0.2) is 51.7 Å². The molecule has 0 spiro atoms. The van der Waals surface area contributed by atoms with E-state index in [-0.39, 0.29) is 113 Å². The summed E-state index contributed by atoms with van der Waals surface area (Å²) in [5, 5.41) is 0. The van der Waals surface area contributed by atoms with Crippen LogP contribution in [0, 0.1) is 0 Å². The first-order chi connectivity index (χ1) is 0. The molecular formula is H10CoCuIn2S2. The van der Waals surface area contributed by atoms with E-state index in [9.17, 15) is 0 Å². The van der Waals surface area contributed by atoms with Gasteiger partial charge in [0.05, 0.1) is 0 Å². The molecule has 0 aliphatic heterocycles. The first kappa shape index (κ1) is 56.5. The molecule has 0 heterocycles. The Morgan fingerprint density at radius 2 is 0.667 bits per heavy atom. The summed E-state index contributed by atoms with van der Waals surface area (Å²) in [6, 6.07) is 0. The molecule has 6 heteroatoms. The van der Waals surface area contributed by atoms with Crippen molar-refractivity contribution in [2.24, 2.45) is 0 Å². The number of hydrogen-bond donors (Lipinski definition) is 0. The van der Waals surface area contributed by atoms with Crippen LogP contribution in [0.15, 0.2) is 0 Å². The average molecular weight is 426 g/mol. The van der Waals surface area contributed by atoms with E-state index in [0.29, 0.717) is 0 Å². The zero-order valence-electron chi connectivity index (χ0n) is 1.63. The summed E-state index contributed by atoms with van der Waals surface area (Å²) in [7, 11) is 0. The molecule has 0 aliphatic carbocycles. The van der Waals surface area contributed by atoms with E-state index in [1.807, 2.05) is 0 Å². The fraction of sp³-hybridized carbons (Fsp3) is 0. The van der Waals surface area contributed by atoms with Gasteiger partial charge in [0.15, 0.2) is 0 Å². The van der Waals surface area contributed by atoms with Crippen LogP contribution < -0.4 is 0 Å². The van der Waals surface area contributed by atoms with E-state index < -0.39 is 0 Å². The third kappa shape index (κ3) is 26.0. The molecule has 0 saturated carbocycles. The summed E-state index contributed by atoms with van der Waals surface area (Å²) in [6.07, 6.45) is 0. The second-order valence-corrected chi connectivity index (χ2v) is 0. The van der Waals surface area contributed by atoms with E-state index in [1.165, 1.54) is 0 Å². The number of rotatable bonds is 0. The minimum absolute atomic E-state index is 0. The standard InChI is InChI=1S/Co.Cu.2In.2H2S.6H/h;;;;2*1H2;;;;;;. The van der Waals surface area contributed by atoms with Gasteiger partial charge in [-0.3, -0.25) is 0 Å². The molecule has 0 atom stereocenters. The minimum atomic E-state index is 0. The monoisotopic (exact) mass is 426 g/mol. The molecule has 0 N–H and O–H groups in total. The average Bonchev–Trinajstić information content (AvgIpc) is 0. The van der Waals surface area contributed by atoms with Crippen LogP contribution in [-0.2, 0) is 33.8 Å². The molecule has 0 unspecified atom stereocenters. The van der Waals surface area contributed by atoms with Crippen LogP contribution in [0.3, 0.4) is 0 Å². The Hall–Kier alpha value is 3.47. The van der Waals surface area contributed by atoms with Crippen molar-refractivity contribution in [1.82, 2.24) is 0 Å². The van der Waals surface area contributed by atoms with Crippen LogP contribution in [0.5, 0.6) is 0 Å². The molecule has 0 aromatic carbocycles. The fourth-order valence-corrected chi connectivity index (χ4v) is 0. The fourth-order valence-electron chi connectivity index (χ4n) is 0. The Bertz CT molecular complexity index is 11.5. The summed E-state index contributed by atoms with van der Waals surface area (Å²) < 4.78 is 0. The van der Waals surface area contributed by atoms with Crippen LogP contribution in [0.2, 0.25) is 0 Å². The van der Waals surface area contributed by atoms with Crippen LogP contribution in [0.1, 0.15) is 0 Å². The van der Waals surface area contributed by atoms with Gasteiger partial charge < -0.3 is 0 Å². The van der Waals surface area contributed by atoms with E-state index in [1.54, 1.807) is 0 Å². The van der Waals surface area contributed by atoms with Crippen LogP contribution in [0.25, 0.3) is 0 Å². The molecule has 6 heavy (non-hydrogen) atoms. The molecule has 0 aliphatic rings. The normalized spacial score (nSPS) is 0. The summed E-state index contributed by atoms with van der Waals surface area (Å²) in [5.41, 5.74) is 0. The first-order valence-electron chi connectivity index (χ1n) is 0. The Kier molecular flexibility index (Phi) is 370. The maximum absolute atomic E-state index is 0. The predicted molar refractivity (Wildman–Crippen MR) is 40.6 cm³/mol. The molecule has 0 amide bonds. The molecule has 0 saturated heterocycles. The summed E-state index contributed by atoms with van der Waals surface area (Å²) in [4.78, 5) is 0. The molecule has 0 aromatic heterocycles. The van der Waals surface area contributed by atoms with Gasteiger partial charge >= 0.3 is 51.7 Å². The van der Waals surface area contributed by atoms with Crippen LogP contribution >= 0.6 is 27.0 Å². The van der Waals surface area contributed by atoms with Crippen molar-refractivity contribution in [3.63, 3.8) is 0 Å². The van der Waals surface area contributed by atoms with Crippen molar-refractivity contribution in [3.05, 3.63) is 0 Å². The van der Waals surface area contributed by atoms with E-state index in [2.05, 4.69) is 0 Å². The molecule has 48 valence electrons. The zero-order chi connectivity index (χ0) is 0. The van der Waals surface area contributed by atoms with Crippen molar-refractivity contribution in [3.8, 4) is 0 Å². The van der Waals surface area contributed by atoms with Gasteiger partial charge in [-0.15, -0.1) is 0 Å². The Labute approximate surface area is 110 Å². The van der Waals surface area contributed by atoms with Crippen molar-refractivity contribution in [2.45, 2.75) is 0 Å². The van der Waals surface area contributed by atoms with Crippen molar-refractivity contribution >= 4 is 78.7 Å². The first-order valence-corrected chi connectivity index (χ1v) is 0. The molecule has 0 bridgehead atoms. The molecular weight excluding hydrogens is 416 g/mol. The molecule has 0 fully saturated rings. The topological polar surface area (TPSA) is 0 Å². The van der Waals surface area contributed by atoms with Gasteiger partial charge in [0.25, 0.3) is 0 Å². The maximum atomic E-state index is 0. The zero-order valence-corrected chi connectivity index (χ0v) is 5.62. The number of hydrogen-bond acceptors (Lipinski definition) is 0. The molecule has 2 radical (unpaired) electrons. The van der Waals surface area contributed by atoms with Crippen molar-refractivity contribution in [1.29, 1.82) is 0 Å². The molecule has 0 aromatic rings. The van der Waals surface area contributed by atoms with E-state index in [4.69, 9.17) is 0 Å². The van der Waals surface area contributed by atoms with Gasteiger partial charge in [-0.05, 0) is 0 Å². The third-order valence-corrected chi connectivity index (χ3v) is 0. The van der Waals surface area contributed by atoms with Gasteiger partial charge in [-0.25, -0.2) is 0 Å². The van der Waals surface area contributed by atoms with E-state index in [0.717, 1.165) is 0 Å². The molecule has 0 rings (SSSR count). The Morgan fingerprint density at radius 1 is 0.667 bits per heavy atom. The SMILES string of the molecule is S.S.[Co].[Cu].[InH3].[InH3]. The Morgan fingerprint density at radius 3 is 0.667 bits per heavy atom. The van der Waals surface area contributed by atoms with Crippen molar-refractivity contribution in [2.75, 3.05) is 0 Å². The van der Waals surface area contributed by atoms with Gasteiger partial charge in [-0.2, -0.15) is 27.0 Å². The summed E-state index contributed by atoms with van der Waals surface area (Å²) in [5.74, 6) is 0. The predicted octanol–water partition coefficient (Wildman–Crippen LogP) is -2.15. The van der Waals surface area contributed by atoms with Gasteiger partial charge in [-0.1, -0.05) is 0 Å². The molecule has 0 nitrogen and oxygen atoms in total.